The molecule has 5 heteroatoms. The topological polar surface area (TPSA) is 55.8 Å². The van der Waals surface area contributed by atoms with E-state index < -0.39 is 5.97 Å². The number of hydrogen-bond acceptors (Lipinski definition) is 4. The van der Waals surface area contributed by atoms with E-state index >= 15 is 0 Å². The van der Waals surface area contributed by atoms with E-state index in [4.69, 9.17) is 5.11 Å². The van der Waals surface area contributed by atoms with Crippen LogP contribution in [0.5, 0.6) is 0 Å². The number of carbonyl (C=O) groups is 1. The van der Waals surface area contributed by atoms with Crippen molar-refractivity contribution in [2.75, 3.05) is 14.2 Å². The van der Waals surface area contributed by atoms with Gasteiger partial charge in [0, 0.05) is 0 Å². The Kier molecular flexibility index (Phi) is 8.64. The molecule has 0 aromatic heterocycles. The van der Waals surface area contributed by atoms with Crippen LogP contribution in [0, 0.1) is 6.26 Å². The van der Waals surface area contributed by atoms with E-state index in [-0.39, 0.29) is 35.3 Å². The van der Waals surface area contributed by atoms with E-state index in [2.05, 4.69) is 9.47 Å². The van der Waals surface area contributed by atoms with Crippen LogP contribution in [0.15, 0.2) is 5.76 Å². The molecule has 0 unspecified atom stereocenters. The Hall–Kier alpha value is -0.190. The van der Waals surface area contributed by atoms with Gasteiger partial charge in [0.05, 0.1) is 20.0 Å². The molecular weight excluding hydrogens is 147 g/mol. The van der Waals surface area contributed by atoms with Crippen molar-refractivity contribution in [3.05, 3.63) is 12.0 Å². The maximum atomic E-state index is 10.4. The van der Waals surface area contributed by atoms with E-state index in [0.29, 0.717) is 0 Å². The van der Waals surface area contributed by atoms with Gasteiger partial charge in [-0.2, -0.15) is 0 Å². The molecule has 0 amide bonds. The van der Waals surface area contributed by atoms with Gasteiger partial charge < -0.3 is 19.4 Å². The Balaban J connectivity index is 0. The minimum absolute atomic E-state index is 0. The molecule has 0 bridgehead atoms. The average Bonchev–Trinajstić information content (AvgIpc) is 1.90. The molecule has 0 saturated heterocycles. The Morgan fingerprint density at radius 3 is 2.00 bits per heavy atom. The van der Waals surface area contributed by atoms with E-state index in [1.807, 2.05) is 0 Å². The van der Waals surface area contributed by atoms with E-state index in [0.717, 1.165) is 0 Å². The molecular formula is C5H7NaO4. The summed E-state index contributed by atoms with van der Waals surface area (Å²) in [5.41, 5.74) is 0. The summed E-state index contributed by atoms with van der Waals surface area (Å²) in [7, 11) is 2.41. The van der Waals surface area contributed by atoms with Crippen LogP contribution >= 0.6 is 0 Å². The van der Waals surface area contributed by atoms with Crippen LogP contribution < -0.4 is 29.6 Å². The molecule has 0 aliphatic carbocycles. The number of rotatable bonds is 2. The molecule has 0 aliphatic heterocycles. The molecule has 0 heterocycles. The standard InChI is InChI=1S/C5H7O4.Na/c1-8-4(3-6)5(7)9-2;/h6H,1-2H3;/q-1;+1. The van der Waals surface area contributed by atoms with Gasteiger partial charge in [0.25, 0.3) is 0 Å². The summed E-state index contributed by atoms with van der Waals surface area (Å²) in [6.45, 7) is 0. The van der Waals surface area contributed by atoms with Gasteiger partial charge in [0.2, 0.25) is 5.97 Å². The van der Waals surface area contributed by atoms with Crippen molar-refractivity contribution >= 4 is 5.97 Å². The van der Waals surface area contributed by atoms with E-state index in [1.165, 1.54) is 20.5 Å². The first-order chi connectivity index (χ1) is 4.26. The summed E-state index contributed by atoms with van der Waals surface area (Å²) in [4.78, 5) is 10.4. The molecule has 0 fully saturated rings. The molecule has 0 aliphatic rings. The summed E-state index contributed by atoms with van der Waals surface area (Å²) in [6, 6.07) is 0. The predicted octanol–water partition coefficient (Wildman–Crippen LogP) is -2.99. The summed E-state index contributed by atoms with van der Waals surface area (Å²) in [5.74, 6) is -1.09. The third kappa shape index (κ3) is 3.76. The quantitative estimate of drug-likeness (QED) is 0.151. The summed E-state index contributed by atoms with van der Waals surface area (Å²) in [6.07, 6.45) is 1.52. The number of aliphatic hydroxyl groups is 1. The maximum Gasteiger partial charge on any atom is 1.00 e. The average molecular weight is 154 g/mol. The molecule has 0 atom stereocenters. The van der Waals surface area contributed by atoms with Crippen LogP contribution in [-0.4, -0.2) is 25.3 Å². The van der Waals surface area contributed by atoms with Gasteiger partial charge in [-0.05, 0) is 6.26 Å². The van der Waals surface area contributed by atoms with Gasteiger partial charge in [-0.1, -0.05) is 0 Å². The van der Waals surface area contributed by atoms with Gasteiger partial charge in [0.15, 0.2) is 0 Å². The SMILES string of the molecule is COC(=O)C(=[C-]O)OC.[Na+]. The number of methoxy groups -OCH3 is 2. The van der Waals surface area contributed by atoms with E-state index in [9.17, 15) is 4.79 Å². The summed E-state index contributed by atoms with van der Waals surface area (Å²) < 4.78 is 8.50. The fraction of sp³-hybridized carbons (Fsp3) is 0.400. The molecule has 0 radical (unpaired) electrons. The fourth-order valence-corrected chi connectivity index (χ4v) is 0.267. The van der Waals surface area contributed by atoms with Crippen LogP contribution in [0.3, 0.4) is 0 Å². The summed E-state index contributed by atoms with van der Waals surface area (Å²) >= 11 is 0. The van der Waals surface area contributed by atoms with Crippen molar-refractivity contribution < 1.29 is 48.9 Å². The normalized spacial score (nSPS) is 9.60. The minimum atomic E-state index is -0.750. The summed E-state index contributed by atoms with van der Waals surface area (Å²) in [5, 5.41) is 8.11. The monoisotopic (exact) mass is 154 g/mol. The molecule has 52 valence electrons. The smallest absolute Gasteiger partial charge is 0.603 e. The fourth-order valence-electron chi connectivity index (χ4n) is 0.267. The number of hydrogen-bond donors (Lipinski definition) is 1. The molecule has 0 aromatic rings. The number of aliphatic hydroxyl groups excluding tert-OH is 1. The van der Waals surface area contributed by atoms with Crippen molar-refractivity contribution in [1.82, 2.24) is 0 Å². The second kappa shape index (κ2) is 6.92. The van der Waals surface area contributed by atoms with Crippen LogP contribution in [0.25, 0.3) is 0 Å². The van der Waals surface area contributed by atoms with Gasteiger partial charge in [-0.25, -0.2) is 0 Å². The molecule has 4 nitrogen and oxygen atoms in total. The van der Waals surface area contributed by atoms with Gasteiger partial charge in [-0.15, -0.1) is 0 Å². The first-order valence-corrected chi connectivity index (χ1v) is 2.15. The van der Waals surface area contributed by atoms with Crippen molar-refractivity contribution in [2.45, 2.75) is 0 Å². The van der Waals surface area contributed by atoms with Crippen LogP contribution in [0.1, 0.15) is 0 Å². The third-order valence-electron chi connectivity index (χ3n) is 0.676. The van der Waals surface area contributed by atoms with Crippen molar-refractivity contribution in [3.63, 3.8) is 0 Å². The number of esters is 1. The zero-order valence-electron chi connectivity index (χ0n) is 6.17. The Morgan fingerprint density at radius 2 is 1.90 bits per heavy atom. The van der Waals surface area contributed by atoms with Crippen molar-refractivity contribution in [3.8, 4) is 0 Å². The first-order valence-electron chi connectivity index (χ1n) is 2.15. The number of carbonyl (C=O) groups excluding carboxylic acids is 1. The maximum absolute atomic E-state index is 10.4. The Labute approximate surface area is 81.1 Å². The van der Waals surface area contributed by atoms with Crippen molar-refractivity contribution in [2.24, 2.45) is 0 Å². The minimum Gasteiger partial charge on any atom is -0.603 e. The zero-order chi connectivity index (χ0) is 7.28. The molecule has 0 saturated carbocycles. The van der Waals surface area contributed by atoms with Crippen LogP contribution in [0.4, 0.5) is 0 Å². The first kappa shape index (κ1) is 12.5. The second-order valence-corrected chi connectivity index (χ2v) is 1.14. The third-order valence-corrected chi connectivity index (χ3v) is 0.676. The van der Waals surface area contributed by atoms with Crippen molar-refractivity contribution in [1.29, 1.82) is 0 Å². The molecule has 0 spiro atoms. The van der Waals surface area contributed by atoms with E-state index in [1.54, 1.807) is 0 Å². The number of ether oxygens (including phenoxy) is 2. The molecule has 10 heavy (non-hydrogen) atoms. The van der Waals surface area contributed by atoms with Gasteiger partial charge in [-0.3, -0.25) is 0 Å². The molecule has 0 rings (SSSR count). The van der Waals surface area contributed by atoms with Gasteiger partial charge >= 0.3 is 29.6 Å². The van der Waals surface area contributed by atoms with Crippen LogP contribution in [-0.2, 0) is 14.3 Å². The molecule has 0 aromatic carbocycles. The largest absolute Gasteiger partial charge is 1.00 e. The van der Waals surface area contributed by atoms with Gasteiger partial charge in [0.1, 0.15) is 0 Å². The predicted molar refractivity (Wildman–Crippen MR) is 28.4 cm³/mol. The Morgan fingerprint density at radius 1 is 1.40 bits per heavy atom. The zero-order valence-corrected chi connectivity index (χ0v) is 8.17. The van der Waals surface area contributed by atoms with Crippen LogP contribution in [0.2, 0.25) is 0 Å². The second-order valence-electron chi connectivity index (χ2n) is 1.14. The molecule has 1 N–H and O–H groups in total. The Bertz CT molecular complexity index is 132.